The summed E-state index contributed by atoms with van der Waals surface area (Å²) >= 11 is 3.23. The summed E-state index contributed by atoms with van der Waals surface area (Å²) in [5.41, 5.74) is 8.18. The first-order valence-corrected chi connectivity index (χ1v) is 9.65. The second-order valence-electron chi connectivity index (χ2n) is 6.18. The number of carbonyl (C=O) groups excluding carboxylic acids is 1. The molecular weight excluding hydrogens is 338 g/mol. The third-order valence-electron chi connectivity index (χ3n) is 4.22. The van der Waals surface area contributed by atoms with Gasteiger partial charge >= 0.3 is 0 Å². The maximum atomic E-state index is 12.5. The zero-order valence-electron chi connectivity index (χ0n) is 14.1. The Morgan fingerprint density at radius 3 is 2.79 bits per heavy atom. The predicted octanol–water partition coefficient (Wildman–Crippen LogP) is 4.28. The molecule has 4 nitrogen and oxygen atoms in total. The number of amides is 1. The molecular formula is C18H21N3OS2. The lowest BCUT2D eigenvalue weighted by Crippen LogP contribution is -2.28. The van der Waals surface area contributed by atoms with Crippen LogP contribution in [0.2, 0.25) is 0 Å². The Bertz CT molecular complexity index is 812. The molecule has 2 heterocycles. The van der Waals surface area contributed by atoms with E-state index >= 15 is 0 Å². The number of aliphatic imine (C=N–C) groups is 1. The Morgan fingerprint density at radius 2 is 2.12 bits per heavy atom. The highest BCUT2D eigenvalue weighted by Gasteiger charge is 2.29. The van der Waals surface area contributed by atoms with E-state index in [4.69, 9.17) is 5.73 Å². The van der Waals surface area contributed by atoms with Gasteiger partial charge in [0.05, 0.1) is 11.1 Å². The molecule has 0 spiro atoms. The minimum atomic E-state index is -0.328. The number of aryl methyl sites for hydroxylation is 2. The van der Waals surface area contributed by atoms with E-state index in [9.17, 15) is 4.79 Å². The fourth-order valence-corrected chi connectivity index (χ4v) is 4.78. The molecule has 3 rings (SSSR count). The maximum absolute atomic E-state index is 12.5. The number of rotatable bonds is 3. The van der Waals surface area contributed by atoms with Crippen LogP contribution in [0.15, 0.2) is 35.3 Å². The van der Waals surface area contributed by atoms with E-state index in [2.05, 4.69) is 17.2 Å². The van der Waals surface area contributed by atoms with Gasteiger partial charge in [-0.2, -0.15) is 0 Å². The highest BCUT2D eigenvalue weighted by atomic mass is 32.2. The van der Waals surface area contributed by atoms with Gasteiger partial charge in [-0.15, -0.1) is 11.3 Å². The van der Waals surface area contributed by atoms with Gasteiger partial charge in [0.2, 0.25) is 0 Å². The fraction of sp³-hybridized carbons (Fsp3) is 0.333. The molecule has 0 saturated heterocycles. The number of thioether (sulfide) groups is 1. The Hall–Kier alpha value is -1.79. The number of amidine groups is 1. The first-order chi connectivity index (χ1) is 11.4. The Kier molecular flexibility index (Phi) is 4.69. The molecule has 24 heavy (non-hydrogen) atoms. The van der Waals surface area contributed by atoms with Crippen LogP contribution in [0, 0.1) is 13.8 Å². The van der Waals surface area contributed by atoms with Crippen molar-refractivity contribution in [2.24, 2.45) is 10.7 Å². The van der Waals surface area contributed by atoms with Gasteiger partial charge in [-0.05, 0) is 51.0 Å². The summed E-state index contributed by atoms with van der Waals surface area (Å²) in [6.45, 7) is 6.08. The van der Waals surface area contributed by atoms with Gasteiger partial charge in [0.1, 0.15) is 0 Å². The summed E-state index contributed by atoms with van der Waals surface area (Å²) < 4.78 is 0. The summed E-state index contributed by atoms with van der Waals surface area (Å²) in [5, 5.41) is 3.63. The van der Waals surface area contributed by atoms with Crippen LogP contribution in [0.25, 0.3) is 0 Å². The van der Waals surface area contributed by atoms with Crippen LogP contribution in [0.4, 0.5) is 5.69 Å². The molecule has 1 atom stereocenters. The molecule has 2 aromatic rings. The van der Waals surface area contributed by atoms with Crippen molar-refractivity contribution in [3.63, 3.8) is 0 Å². The van der Waals surface area contributed by atoms with E-state index in [0.717, 1.165) is 38.7 Å². The first kappa shape index (κ1) is 17.0. The fourth-order valence-electron chi connectivity index (χ4n) is 2.88. The van der Waals surface area contributed by atoms with Crippen LogP contribution >= 0.6 is 23.1 Å². The van der Waals surface area contributed by atoms with E-state index < -0.39 is 0 Å². The highest BCUT2D eigenvalue weighted by molar-refractivity contribution is 8.13. The summed E-state index contributed by atoms with van der Waals surface area (Å²) in [5.74, 6) is 0.886. The predicted molar refractivity (Wildman–Crippen MR) is 104 cm³/mol. The van der Waals surface area contributed by atoms with Crippen LogP contribution in [0.3, 0.4) is 0 Å². The number of thiophene rings is 1. The van der Waals surface area contributed by atoms with Crippen LogP contribution < -0.4 is 11.1 Å². The molecule has 3 N–H and O–H groups in total. The lowest BCUT2D eigenvalue weighted by Gasteiger charge is -2.30. The molecule has 0 radical (unpaired) electrons. The van der Waals surface area contributed by atoms with Crippen LogP contribution in [0.5, 0.6) is 0 Å². The topological polar surface area (TPSA) is 67.5 Å². The van der Waals surface area contributed by atoms with Crippen molar-refractivity contribution in [2.45, 2.75) is 32.7 Å². The molecule has 0 aliphatic carbocycles. The smallest absolute Gasteiger partial charge is 0.256 e. The molecule has 6 heteroatoms. The van der Waals surface area contributed by atoms with Crippen molar-refractivity contribution in [3.05, 3.63) is 51.2 Å². The molecule has 1 aliphatic heterocycles. The van der Waals surface area contributed by atoms with E-state index in [-0.39, 0.29) is 11.4 Å². The van der Waals surface area contributed by atoms with E-state index in [1.807, 2.05) is 44.2 Å². The summed E-state index contributed by atoms with van der Waals surface area (Å²) in [7, 11) is 0. The molecule has 0 unspecified atom stereocenters. The third-order valence-corrected chi connectivity index (χ3v) is 5.98. The molecule has 0 fully saturated rings. The number of hydrogen-bond acceptors (Lipinski definition) is 5. The Balaban J connectivity index is 1.85. The number of nitrogens with one attached hydrogen (secondary N) is 1. The van der Waals surface area contributed by atoms with Crippen molar-refractivity contribution in [2.75, 3.05) is 11.1 Å². The summed E-state index contributed by atoms with van der Waals surface area (Å²) in [6, 6.07) is 9.84. The van der Waals surface area contributed by atoms with Gasteiger partial charge in [-0.3, -0.25) is 9.79 Å². The van der Waals surface area contributed by atoms with Gasteiger partial charge in [0, 0.05) is 21.2 Å². The second-order valence-corrected chi connectivity index (χ2v) is 8.76. The zero-order valence-corrected chi connectivity index (χ0v) is 15.7. The quantitative estimate of drug-likeness (QED) is 0.859. The first-order valence-electron chi connectivity index (χ1n) is 7.84. The standard InChI is InChI=1S/C18H21N3OS2/c1-11-9-15(12(2)24-11)16(22)20-14-6-4-5-13(10-14)18(3)7-8-23-17(19)21-18/h4-6,9-10H,7-8H2,1-3H3,(H2,19,21)(H,20,22)/t18-/m0/s1. The average Bonchev–Trinajstić information content (AvgIpc) is 2.86. The molecule has 126 valence electrons. The molecule has 1 aromatic heterocycles. The molecule has 1 aromatic carbocycles. The normalized spacial score (nSPS) is 20.5. The highest BCUT2D eigenvalue weighted by Crippen LogP contribution is 2.36. The van der Waals surface area contributed by atoms with Gasteiger partial charge in [0.15, 0.2) is 5.17 Å². The molecule has 0 saturated carbocycles. The van der Waals surface area contributed by atoms with E-state index in [1.54, 1.807) is 23.1 Å². The number of nitrogens with zero attached hydrogens (tertiary/aromatic N) is 1. The lowest BCUT2D eigenvalue weighted by molar-refractivity contribution is 0.102. The Labute approximate surface area is 150 Å². The number of nitrogens with two attached hydrogens (primary N) is 1. The minimum absolute atomic E-state index is 0.0682. The largest absolute Gasteiger partial charge is 0.379 e. The zero-order chi connectivity index (χ0) is 17.3. The average molecular weight is 360 g/mol. The molecule has 1 aliphatic rings. The second kappa shape index (κ2) is 6.61. The molecule has 0 bridgehead atoms. The number of carbonyl (C=O) groups is 1. The van der Waals surface area contributed by atoms with Crippen LogP contribution in [-0.2, 0) is 5.54 Å². The number of anilines is 1. The van der Waals surface area contributed by atoms with Crippen LogP contribution in [0.1, 0.15) is 39.0 Å². The lowest BCUT2D eigenvalue weighted by atomic mass is 9.89. The molecule has 1 amide bonds. The van der Waals surface area contributed by atoms with Gasteiger partial charge in [-0.25, -0.2) is 0 Å². The minimum Gasteiger partial charge on any atom is -0.379 e. The van der Waals surface area contributed by atoms with Gasteiger partial charge in [-0.1, -0.05) is 23.9 Å². The number of benzene rings is 1. The van der Waals surface area contributed by atoms with E-state index in [1.165, 1.54) is 0 Å². The van der Waals surface area contributed by atoms with Crippen LogP contribution in [-0.4, -0.2) is 16.8 Å². The third kappa shape index (κ3) is 3.49. The van der Waals surface area contributed by atoms with Crippen molar-refractivity contribution < 1.29 is 4.79 Å². The van der Waals surface area contributed by atoms with Gasteiger partial charge in [0.25, 0.3) is 5.91 Å². The van der Waals surface area contributed by atoms with Crippen molar-refractivity contribution in [1.29, 1.82) is 0 Å². The van der Waals surface area contributed by atoms with Crippen molar-refractivity contribution >= 4 is 39.9 Å². The summed E-state index contributed by atoms with van der Waals surface area (Å²) in [6.07, 6.45) is 0.929. The SMILES string of the molecule is Cc1cc(C(=O)Nc2cccc([C@]3(C)CCSC(N)=N3)c2)c(C)s1. The monoisotopic (exact) mass is 359 g/mol. The Morgan fingerprint density at radius 1 is 1.33 bits per heavy atom. The van der Waals surface area contributed by atoms with Gasteiger partial charge < -0.3 is 11.1 Å². The number of hydrogen-bond donors (Lipinski definition) is 2. The van der Waals surface area contributed by atoms with Crippen molar-refractivity contribution in [1.82, 2.24) is 0 Å². The van der Waals surface area contributed by atoms with Crippen molar-refractivity contribution in [3.8, 4) is 0 Å². The maximum Gasteiger partial charge on any atom is 0.256 e. The van der Waals surface area contributed by atoms with E-state index in [0.29, 0.717) is 5.17 Å². The summed E-state index contributed by atoms with van der Waals surface area (Å²) in [4.78, 5) is 19.3.